The lowest BCUT2D eigenvalue weighted by Crippen LogP contribution is -2.30. The second kappa shape index (κ2) is 11.2. The van der Waals surface area contributed by atoms with Gasteiger partial charge in [0.1, 0.15) is 0 Å². The zero-order valence-electron chi connectivity index (χ0n) is 14.7. The molecule has 0 saturated heterocycles. The van der Waals surface area contributed by atoms with Crippen LogP contribution in [0, 0.1) is 11.3 Å². The SMILES string of the molecule is CCOP(=O)(OCC)OC1(C#N)CCCCCCCCCCC1. The molecule has 0 unspecified atom stereocenters. The minimum absolute atomic E-state index is 0.235. The van der Waals surface area contributed by atoms with Crippen molar-refractivity contribution in [3.05, 3.63) is 0 Å². The molecule has 1 fully saturated rings. The van der Waals surface area contributed by atoms with Gasteiger partial charge in [0.05, 0.1) is 19.3 Å². The molecule has 1 aliphatic carbocycles. The van der Waals surface area contributed by atoms with E-state index in [0.717, 1.165) is 25.7 Å². The van der Waals surface area contributed by atoms with E-state index >= 15 is 0 Å². The number of nitrogens with zero attached hydrogens (tertiary/aromatic N) is 1. The molecule has 23 heavy (non-hydrogen) atoms. The lowest BCUT2D eigenvalue weighted by atomic mass is 9.90. The number of rotatable bonds is 6. The third-order valence-corrected chi connectivity index (χ3v) is 5.95. The first-order chi connectivity index (χ1) is 11.1. The molecule has 0 bridgehead atoms. The molecular weight excluding hydrogens is 313 g/mol. The van der Waals surface area contributed by atoms with Gasteiger partial charge in [-0.2, -0.15) is 5.26 Å². The van der Waals surface area contributed by atoms with Crippen molar-refractivity contribution in [1.29, 1.82) is 5.26 Å². The summed E-state index contributed by atoms with van der Waals surface area (Å²) in [5.74, 6) is 0. The second-order valence-corrected chi connectivity index (χ2v) is 7.76. The molecular formula is C17H32NO4P. The van der Waals surface area contributed by atoms with Gasteiger partial charge < -0.3 is 0 Å². The molecule has 0 atom stereocenters. The summed E-state index contributed by atoms with van der Waals surface area (Å²) in [4.78, 5) is 0. The van der Waals surface area contributed by atoms with Gasteiger partial charge in [-0.3, -0.25) is 13.6 Å². The zero-order valence-corrected chi connectivity index (χ0v) is 15.6. The minimum Gasteiger partial charge on any atom is -0.287 e. The predicted molar refractivity (Wildman–Crippen MR) is 91.1 cm³/mol. The smallest absolute Gasteiger partial charge is 0.287 e. The van der Waals surface area contributed by atoms with Gasteiger partial charge in [0, 0.05) is 0 Å². The Hall–Kier alpha value is -0.400. The normalized spacial score (nSPS) is 20.9. The summed E-state index contributed by atoms with van der Waals surface area (Å²) in [6, 6.07) is 2.29. The molecule has 0 spiro atoms. The summed E-state index contributed by atoms with van der Waals surface area (Å²) in [7, 11) is -3.67. The highest BCUT2D eigenvalue weighted by Gasteiger charge is 2.40. The van der Waals surface area contributed by atoms with E-state index in [-0.39, 0.29) is 13.2 Å². The first-order valence-electron chi connectivity index (χ1n) is 9.11. The number of nitriles is 1. The fraction of sp³-hybridized carbons (Fsp3) is 0.941. The summed E-state index contributed by atoms with van der Waals surface area (Å²) in [5.41, 5.74) is -1.06. The lowest BCUT2D eigenvalue weighted by Gasteiger charge is -2.30. The van der Waals surface area contributed by atoms with Crippen LogP contribution in [-0.4, -0.2) is 18.8 Å². The molecule has 0 heterocycles. The van der Waals surface area contributed by atoms with Crippen LogP contribution in [0.5, 0.6) is 0 Å². The molecule has 0 N–H and O–H groups in total. The molecule has 0 aromatic carbocycles. The maximum Gasteiger partial charge on any atom is 0.476 e. The molecule has 5 nitrogen and oxygen atoms in total. The van der Waals surface area contributed by atoms with Gasteiger partial charge in [-0.15, -0.1) is 0 Å². The standard InChI is InChI=1S/C17H32NO4P/c1-3-20-23(19,21-4-2)22-17(16-18)14-12-10-8-6-5-7-9-11-13-15-17/h3-15H2,1-2H3. The molecule has 6 heteroatoms. The predicted octanol–water partition coefficient (Wildman–Crippen LogP) is 5.75. The Morgan fingerprint density at radius 2 is 1.26 bits per heavy atom. The summed E-state index contributed by atoms with van der Waals surface area (Å²) in [6.45, 7) is 3.96. The lowest BCUT2D eigenvalue weighted by molar-refractivity contribution is 0.0329. The Labute approximate surface area is 141 Å². The topological polar surface area (TPSA) is 68.6 Å². The third kappa shape index (κ3) is 7.81. The van der Waals surface area contributed by atoms with Crippen molar-refractivity contribution in [1.82, 2.24) is 0 Å². The fourth-order valence-electron chi connectivity index (χ4n) is 3.03. The second-order valence-electron chi connectivity index (χ2n) is 6.16. The third-order valence-electron chi connectivity index (χ3n) is 4.23. The van der Waals surface area contributed by atoms with Crippen molar-refractivity contribution in [3.8, 4) is 6.07 Å². The molecule has 0 amide bonds. The minimum atomic E-state index is -3.67. The van der Waals surface area contributed by atoms with Gasteiger partial charge in [0.25, 0.3) is 0 Å². The highest BCUT2D eigenvalue weighted by Crippen LogP contribution is 2.54. The van der Waals surface area contributed by atoms with Crippen molar-refractivity contribution in [2.45, 2.75) is 90.1 Å². The fourth-order valence-corrected chi connectivity index (χ4v) is 4.49. The molecule has 1 aliphatic rings. The van der Waals surface area contributed by atoms with E-state index in [1.54, 1.807) is 13.8 Å². The average molecular weight is 345 g/mol. The number of hydrogen-bond acceptors (Lipinski definition) is 5. The van der Waals surface area contributed by atoms with Crippen molar-refractivity contribution >= 4 is 7.82 Å². The summed E-state index contributed by atoms with van der Waals surface area (Å²) >= 11 is 0. The maximum atomic E-state index is 12.7. The van der Waals surface area contributed by atoms with E-state index in [9.17, 15) is 9.83 Å². The quantitative estimate of drug-likeness (QED) is 0.573. The van der Waals surface area contributed by atoms with E-state index in [1.165, 1.54) is 32.1 Å². The van der Waals surface area contributed by atoms with Crippen LogP contribution >= 0.6 is 7.82 Å². The molecule has 0 aliphatic heterocycles. The van der Waals surface area contributed by atoms with Crippen LogP contribution in [-0.2, 0) is 18.1 Å². The Morgan fingerprint density at radius 1 is 0.870 bits per heavy atom. The Kier molecular flexibility index (Phi) is 10.1. The van der Waals surface area contributed by atoms with Crippen molar-refractivity contribution in [2.75, 3.05) is 13.2 Å². The zero-order chi connectivity index (χ0) is 17.0. The molecule has 134 valence electrons. The van der Waals surface area contributed by atoms with Crippen molar-refractivity contribution < 1.29 is 18.1 Å². The van der Waals surface area contributed by atoms with Gasteiger partial charge in [-0.25, -0.2) is 4.57 Å². The van der Waals surface area contributed by atoms with Crippen LogP contribution in [0.15, 0.2) is 0 Å². The van der Waals surface area contributed by atoms with Crippen molar-refractivity contribution in [3.63, 3.8) is 0 Å². The van der Waals surface area contributed by atoms with E-state index < -0.39 is 13.4 Å². The molecule has 0 radical (unpaired) electrons. The van der Waals surface area contributed by atoms with E-state index in [0.29, 0.717) is 12.8 Å². The highest BCUT2D eigenvalue weighted by atomic mass is 31.2. The van der Waals surface area contributed by atoms with Crippen LogP contribution in [0.3, 0.4) is 0 Å². The molecule has 1 rings (SSSR count). The largest absolute Gasteiger partial charge is 0.476 e. The van der Waals surface area contributed by atoms with Gasteiger partial charge in [-0.1, -0.05) is 44.9 Å². The Bertz CT molecular complexity index is 386. The molecule has 0 aromatic rings. The number of hydrogen-bond donors (Lipinski definition) is 0. The first-order valence-corrected chi connectivity index (χ1v) is 10.6. The van der Waals surface area contributed by atoms with Gasteiger partial charge in [0.15, 0.2) is 5.60 Å². The number of phosphoric ester groups is 1. The Morgan fingerprint density at radius 3 is 1.61 bits per heavy atom. The summed E-state index contributed by atoms with van der Waals surface area (Å²) in [5, 5.41) is 9.74. The van der Waals surface area contributed by atoms with E-state index in [4.69, 9.17) is 13.6 Å². The van der Waals surface area contributed by atoms with Crippen LogP contribution in [0.2, 0.25) is 0 Å². The monoisotopic (exact) mass is 345 g/mol. The summed E-state index contributed by atoms with van der Waals surface area (Å²) in [6.07, 6.45) is 11.4. The van der Waals surface area contributed by atoms with Gasteiger partial charge >= 0.3 is 7.82 Å². The molecule has 1 saturated carbocycles. The Balaban J connectivity index is 2.81. The van der Waals surface area contributed by atoms with Crippen LogP contribution in [0.25, 0.3) is 0 Å². The highest BCUT2D eigenvalue weighted by molar-refractivity contribution is 7.48. The van der Waals surface area contributed by atoms with Gasteiger partial charge in [-0.05, 0) is 39.5 Å². The van der Waals surface area contributed by atoms with Gasteiger partial charge in [0.2, 0.25) is 0 Å². The van der Waals surface area contributed by atoms with E-state index in [1.807, 2.05) is 0 Å². The van der Waals surface area contributed by atoms with E-state index in [2.05, 4.69) is 6.07 Å². The molecule has 0 aromatic heterocycles. The summed E-state index contributed by atoms with van der Waals surface area (Å²) < 4.78 is 28.9. The van der Waals surface area contributed by atoms with Crippen LogP contribution < -0.4 is 0 Å². The first kappa shape index (κ1) is 20.6. The van der Waals surface area contributed by atoms with Crippen molar-refractivity contribution in [2.24, 2.45) is 0 Å². The van der Waals surface area contributed by atoms with Crippen LogP contribution in [0.1, 0.15) is 84.5 Å². The number of phosphoric acid groups is 1. The maximum absolute atomic E-state index is 12.7. The van der Waals surface area contributed by atoms with Crippen LogP contribution in [0.4, 0.5) is 0 Å². The average Bonchev–Trinajstić information content (AvgIpc) is 2.50.